The number of carbonyl (C=O) groups excluding carboxylic acids is 1. The summed E-state index contributed by atoms with van der Waals surface area (Å²) in [6.45, 7) is 0. The second-order valence-electron chi connectivity index (χ2n) is 3.28. The standard InChI is InChI=1S/C12H10NO/c13-12(14)8-9-5-6-10-3-1-2-4-11(10)7-9/h1-7,13H,8H2. The van der Waals surface area contributed by atoms with Crippen LogP contribution in [0, 0.1) is 0 Å². The maximum Gasteiger partial charge on any atom is 0.242 e. The molecule has 0 spiro atoms. The molecule has 1 radical (unpaired) electrons. The summed E-state index contributed by atoms with van der Waals surface area (Å²) in [6.07, 6.45) is 0.199. The van der Waals surface area contributed by atoms with Gasteiger partial charge in [-0.25, -0.2) is 0 Å². The van der Waals surface area contributed by atoms with Crippen molar-refractivity contribution >= 4 is 16.7 Å². The average Bonchev–Trinajstić information content (AvgIpc) is 2.17. The predicted molar refractivity (Wildman–Crippen MR) is 55.8 cm³/mol. The van der Waals surface area contributed by atoms with Crippen LogP contribution < -0.4 is 5.73 Å². The fraction of sp³-hybridized carbons (Fsp3) is 0.0833. The van der Waals surface area contributed by atoms with E-state index < -0.39 is 5.91 Å². The molecule has 2 heteroatoms. The monoisotopic (exact) mass is 184 g/mol. The predicted octanol–water partition coefficient (Wildman–Crippen LogP) is 2.19. The van der Waals surface area contributed by atoms with Crippen molar-refractivity contribution in [3.05, 3.63) is 48.0 Å². The maximum atomic E-state index is 10.6. The SMILES string of the molecule is [NH]C(=O)Cc1ccc2ccccc2c1. The summed E-state index contributed by atoms with van der Waals surface area (Å²) in [5.41, 5.74) is 7.79. The Morgan fingerprint density at radius 3 is 2.50 bits per heavy atom. The van der Waals surface area contributed by atoms with Crippen molar-refractivity contribution < 1.29 is 4.79 Å². The molecule has 0 aliphatic rings. The van der Waals surface area contributed by atoms with Gasteiger partial charge in [-0.15, -0.1) is 0 Å². The lowest BCUT2D eigenvalue weighted by Crippen LogP contribution is -2.01. The highest BCUT2D eigenvalue weighted by Crippen LogP contribution is 2.15. The van der Waals surface area contributed by atoms with E-state index in [0.29, 0.717) is 0 Å². The van der Waals surface area contributed by atoms with E-state index in [1.807, 2.05) is 42.5 Å². The van der Waals surface area contributed by atoms with Gasteiger partial charge in [0.05, 0.1) is 6.42 Å². The molecule has 0 atom stereocenters. The van der Waals surface area contributed by atoms with Crippen molar-refractivity contribution in [2.45, 2.75) is 6.42 Å². The van der Waals surface area contributed by atoms with Gasteiger partial charge in [-0.3, -0.25) is 10.5 Å². The van der Waals surface area contributed by atoms with Crippen LogP contribution in [0.5, 0.6) is 0 Å². The molecule has 0 aromatic heterocycles. The number of hydrogen-bond acceptors (Lipinski definition) is 1. The van der Waals surface area contributed by atoms with Crippen molar-refractivity contribution in [3.63, 3.8) is 0 Å². The van der Waals surface area contributed by atoms with Crippen LogP contribution in [0.4, 0.5) is 0 Å². The molecule has 0 aliphatic heterocycles. The van der Waals surface area contributed by atoms with Crippen molar-refractivity contribution in [3.8, 4) is 0 Å². The molecular formula is C12H10NO. The molecule has 1 N–H and O–H groups in total. The van der Waals surface area contributed by atoms with Crippen LogP contribution in [0.15, 0.2) is 42.5 Å². The first-order valence-corrected chi connectivity index (χ1v) is 4.48. The first-order valence-electron chi connectivity index (χ1n) is 4.48. The van der Waals surface area contributed by atoms with Gasteiger partial charge in [0.25, 0.3) is 0 Å². The largest absolute Gasteiger partial charge is 0.273 e. The van der Waals surface area contributed by atoms with Crippen LogP contribution in [0.2, 0.25) is 0 Å². The lowest BCUT2D eigenvalue weighted by Gasteiger charge is -2.00. The Bertz CT molecular complexity index is 476. The zero-order chi connectivity index (χ0) is 9.97. The van der Waals surface area contributed by atoms with Crippen LogP contribution in [0.3, 0.4) is 0 Å². The molecule has 1 amide bonds. The molecule has 0 bridgehead atoms. The van der Waals surface area contributed by atoms with Crippen LogP contribution >= 0.6 is 0 Å². The summed E-state index contributed by atoms with van der Waals surface area (Å²) in [5, 5.41) is 2.28. The maximum absolute atomic E-state index is 10.6. The van der Waals surface area contributed by atoms with Gasteiger partial charge in [0.2, 0.25) is 5.91 Å². The van der Waals surface area contributed by atoms with Gasteiger partial charge < -0.3 is 0 Å². The second-order valence-corrected chi connectivity index (χ2v) is 3.28. The van der Waals surface area contributed by atoms with Gasteiger partial charge in [-0.05, 0) is 16.3 Å². The summed E-state index contributed by atoms with van der Waals surface area (Å²) in [7, 11) is 0. The van der Waals surface area contributed by atoms with Gasteiger partial charge in [-0.2, -0.15) is 0 Å². The first-order chi connectivity index (χ1) is 6.75. The molecule has 2 rings (SSSR count). The smallest absolute Gasteiger partial charge is 0.242 e. The quantitative estimate of drug-likeness (QED) is 0.705. The van der Waals surface area contributed by atoms with Gasteiger partial charge in [0.1, 0.15) is 0 Å². The number of rotatable bonds is 2. The molecule has 0 saturated heterocycles. The summed E-state index contributed by atoms with van der Waals surface area (Å²) < 4.78 is 0. The van der Waals surface area contributed by atoms with Gasteiger partial charge in [0.15, 0.2) is 0 Å². The van der Waals surface area contributed by atoms with E-state index in [2.05, 4.69) is 0 Å². The Hall–Kier alpha value is -1.83. The molecule has 0 saturated carbocycles. The Balaban J connectivity index is 2.46. The highest BCUT2D eigenvalue weighted by atomic mass is 16.1. The summed E-state index contributed by atoms with van der Waals surface area (Å²) >= 11 is 0. The lowest BCUT2D eigenvalue weighted by atomic mass is 10.1. The summed E-state index contributed by atoms with van der Waals surface area (Å²) in [5.74, 6) is -0.541. The van der Waals surface area contributed by atoms with Gasteiger partial charge in [0, 0.05) is 0 Å². The van der Waals surface area contributed by atoms with E-state index >= 15 is 0 Å². The normalized spacial score (nSPS) is 10.3. The molecule has 2 nitrogen and oxygen atoms in total. The minimum Gasteiger partial charge on any atom is -0.273 e. The first kappa shape index (κ1) is 8.75. The summed E-state index contributed by atoms with van der Waals surface area (Å²) in [4.78, 5) is 10.6. The van der Waals surface area contributed by atoms with Crippen LogP contribution in [0.25, 0.3) is 10.8 Å². The van der Waals surface area contributed by atoms with Crippen molar-refractivity contribution in [1.29, 1.82) is 0 Å². The highest BCUT2D eigenvalue weighted by Gasteiger charge is 1.99. The van der Waals surface area contributed by atoms with Crippen molar-refractivity contribution in [1.82, 2.24) is 5.73 Å². The third kappa shape index (κ3) is 1.74. The Morgan fingerprint density at radius 1 is 1.07 bits per heavy atom. The number of carbonyl (C=O) groups is 1. The molecule has 0 unspecified atom stereocenters. The number of amides is 1. The van der Waals surface area contributed by atoms with Gasteiger partial charge in [-0.1, -0.05) is 42.5 Å². The minimum atomic E-state index is -0.541. The number of hydrogen-bond donors (Lipinski definition) is 0. The molecule has 0 aliphatic carbocycles. The van der Waals surface area contributed by atoms with E-state index in [-0.39, 0.29) is 6.42 Å². The highest BCUT2D eigenvalue weighted by molar-refractivity contribution is 5.84. The molecule has 0 heterocycles. The van der Waals surface area contributed by atoms with E-state index in [4.69, 9.17) is 5.73 Å². The zero-order valence-electron chi connectivity index (χ0n) is 7.66. The minimum absolute atomic E-state index is 0.199. The van der Waals surface area contributed by atoms with Crippen LogP contribution in [-0.4, -0.2) is 5.91 Å². The van der Waals surface area contributed by atoms with E-state index in [0.717, 1.165) is 16.3 Å². The molecule has 2 aromatic rings. The molecule has 2 aromatic carbocycles. The second kappa shape index (κ2) is 3.50. The van der Waals surface area contributed by atoms with Crippen LogP contribution in [0.1, 0.15) is 5.56 Å². The third-order valence-corrected chi connectivity index (χ3v) is 2.18. The van der Waals surface area contributed by atoms with Crippen LogP contribution in [-0.2, 0) is 11.2 Å². The molecule has 69 valence electrons. The molecule has 0 fully saturated rings. The van der Waals surface area contributed by atoms with Crippen molar-refractivity contribution in [2.75, 3.05) is 0 Å². The molecule has 14 heavy (non-hydrogen) atoms. The van der Waals surface area contributed by atoms with E-state index in [9.17, 15) is 4.79 Å². The number of nitrogens with one attached hydrogen (secondary N) is 1. The topological polar surface area (TPSA) is 40.9 Å². The van der Waals surface area contributed by atoms with Crippen molar-refractivity contribution in [2.24, 2.45) is 0 Å². The molecular weight excluding hydrogens is 174 g/mol. The number of benzene rings is 2. The lowest BCUT2D eigenvalue weighted by molar-refractivity contribution is -0.118. The fourth-order valence-electron chi connectivity index (χ4n) is 1.53. The third-order valence-electron chi connectivity index (χ3n) is 2.18. The Kier molecular flexibility index (Phi) is 2.19. The van der Waals surface area contributed by atoms with Gasteiger partial charge >= 0.3 is 0 Å². The number of fused-ring (bicyclic) bond motifs is 1. The fourth-order valence-corrected chi connectivity index (χ4v) is 1.53. The average molecular weight is 184 g/mol. The summed E-state index contributed by atoms with van der Waals surface area (Å²) in [6, 6.07) is 13.8. The zero-order valence-corrected chi connectivity index (χ0v) is 7.66. The van der Waals surface area contributed by atoms with E-state index in [1.165, 1.54) is 0 Å². The Morgan fingerprint density at radius 2 is 1.79 bits per heavy atom. The van der Waals surface area contributed by atoms with E-state index in [1.54, 1.807) is 0 Å². The Labute approximate surface area is 82.3 Å².